The van der Waals surface area contributed by atoms with Crippen molar-refractivity contribution in [1.82, 2.24) is 9.80 Å². The number of nitrogens with zero attached hydrogens (tertiary/aromatic N) is 2. The number of fused-ring (bicyclic) bond motifs is 1. The summed E-state index contributed by atoms with van der Waals surface area (Å²) in [4.78, 5) is 44.4. The van der Waals surface area contributed by atoms with Crippen LogP contribution >= 0.6 is 15.9 Å². The number of hydrogen-bond donors (Lipinski definition) is 1. The second-order valence-electron chi connectivity index (χ2n) is 10.1. The number of aliphatic hydroxyl groups is 1. The van der Waals surface area contributed by atoms with Crippen molar-refractivity contribution < 1.29 is 29.0 Å². The minimum absolute atomic E-state index is 0.104. The summed E-state index contributed by atoms with van der Waals surface area (Å²) >= 11 is 3.66. The number of carbonyl (C=O) groups is 3. The lowest BCUT2D eigenvalue weighted by atomic mass is 9.70. The highest BCUT2D eigenvalue weighted by atomic mass is 79.9. The monoisotopic (exact) mass is 554 g/mol. The van der Waals surface area contributed by atoms with Crippen molar-refractivity contribution in [2.24, 2.45) is 17.8 Å². The van der Waals surface area contributed by atoms with Crippen LogP contribution in [-0.2, 0) is 23.9 Å². The number of ether oxygens (including phenoxy) is 2. The van der Waals surface area contributed by atoms with Gasteiger partial charge in [-0.1, -0.05) is 55.3 Å². The van der Waals surface area contributed by atoms with Crippen LogP contribution in [0.15, 0.2) is 25.3 Å². The van der Waals surface area contributed by atoms with Crippen molar-refractivity contribution in [3.05, 3.63) is 25.3 Å². The standard InChI is InChI=1S/C26H39BrN2O6/c1-6-9-12-28(11-8-3)24(32)22-26-14-17(27)21(35-26)19(25(33)34-13-10-7-2)20(26)23(31)29(22)18(15-30)16(4)5/h7-8,16-22,30H,2-3,6,9-15H2,1,4-5H3/t17?,18-,19+,20-,21+,22?,26?/m0/s1. The van der Waals surface area contributed by atoms with Crippen LogP contribution in [0.25, 0.3) is 0 Å². The van der Waals surface area contributed by atoms with Crippen molar-refractivity contribution in [1.29, 1.82) is 0 Å². The molecule has 196 valence electrons. The molecule has 3 aliphatic rings. The fourth-order valence-corrected chi connectivity index (χ4v) is 6.84. The molecule has 0 aromatic heterocycles. The highest BCUT2D eigenvalue weighted by Crippen LogP contribution is 2.60. The SMILES string of the molecule is C=CCCOC(=O)[C@H]1[C@@H]2OC3(CC2Br)C(C(=O)N(CC=C)CCCC)N([C@@H](CO)C(C)C)C(=O)[C@H]13. The van der Waals surface area contributed by atoms with Gasteiger partial charge in [0, 0.05) is 17.9 Å². The van der Waals surface area contributed by atoms with Gasteiger partial charge in [-0.15, -0.1) is 13.2 Å². The topological polar surface area (TPSA) is 96.4 Å². The Kier molecular flexibility index (Phi) is 9.21. The number of unbranched alkanes of at least 4 members (excludes halogenated alkanes) is 1. The van der Waals surface area contributed by atoms with E-state index in [9.17, 15) is 19.5 Å². The second-order valence-corrected chi connectivity index (χ2v) is 11.3. The normalized spacial score (nSPS) is 32.0. The molecule has 7 atom stereocenters. The van der Waals surface area contributed by atoms with E-state index in [0.29, 0.717) is 25.9 Å². The molecule has 35 heavy (non-hydrogen) atoms. The van der Waals surface area contributed by atoms with E-state index in [2.05, 4.69) is 36.0 Å². The summed E-state index contributed by atoms with van der Waals surface area (Å²) in [6.45, 7) is 14.1. The summed E-state index contributed by atoms with van der Waals surface area (Å²) in [5, 5.41) is 10.3. The largest absolute Gasteiger partial charge is 0.465 e. The van der Waals surface area contributed by atoms with E-state index in [1.165, 1.54) is 4.90 Å². The van der Waals surface area contributed by atoms with E-state index in [4.69, 9.17) is 9.47 Å². The Morgan fingerprint density at radius 2 is 2.09 bits per heavy atom. The highest BCUT2D eigenvalue weighted by molar-refractivity contribution is 9.09. The molecule has 8 nitrogen and oxygen atoms in total. The van der Waals surface area contributed by atoms with Crippen molar-refractivity contribution in [2.75, 3.05) is 26.3 Å². The lowest BCUT2D eigenvalue weighted by molar-refractivity contribution is -0.157. The van der Waals surface area contributed by atoms with Crippen LogP contribution in [0.2, 0.25) is 0 Å². The summed E-state index contributed by atoms with van der Waals surface area (Å²) in [6.07, 6.45) is 5.43. The number of hydrogen-bond acceptors (Lipinski definition) is 6. The number of esters is 1. The van der Waals surface area contributed by atoms with Gasteiger partial charge >= 0.3 is 5.97 Å². The Hall–Kier alpha value is -1.71. The molecule has 0 aliphatic carbocycles. The lowest BCUT2D eigenvalue weighted by Crippen LogP contribution is -2.60. The Balaban J connectivity index is 2.07. The molecular formula is C26H39BrN2O6. The fourth-order valence-electron chi connectivity index (χ4n) is 5.90. The number of halogens is 1. The number of likely N-dealkylation sites (tertiary alicyclic amines) is 1. The van der Waals surface area contributed by atoms with Crippen LogP contribution in [0.4, 0.5) is 0 Å². The molecule has 2 amide bonds. The van der Waals surface area contributed by atoms with Gasteiger partial charge < -0.3 is 24.4 Å². The zero-order chi connectivity index (χ0) is 25.9. The van der Waals surface area contributed by atoms with Crippen LogP contribution in [-0.4, -0.2) is 87.6 Å². The van der Waals surface area contributed by atoms with E-state index < -0.39 is 41.6 Å². The first-order chi connectivity index (χ1) is 16.7. The molecular weight excluding hydrogens is 516 g/mol. The van der Waals surface area contributed by atoms with Gasteiger partial charge in [0.15, 0.2) is 0 Å². The number of amides is 2. The van der Waals surface area contributed by atoms with Crippen LogP contribution < -0.4 is 0 Å². The first-order valence-electron chi connectivity index (χ1n) is 12.6. The Bertz CT molecular complexity index is 835. The van der Waals surface area contributed by atoms with Gasteiger partial charge in [0.05, 0.1) is 37.2 Å². The third-order valence-electron chi connectivity index (χ3n) is 7.56. The van der Waals surface area contributed by atoms with Gasteiger partial charge in [-0.25, -0.2) is 0 Å². The van der Waals surface area contributed by atoms with Gasteiger partial charge in [-0.2, -0.15) is 0 Å². The summed E-state index contributed by atoms with van der Waals surface area (Å²) in [5.74, 6) is -2.80. The van der Waals surface area contributed by atoms with Crippen molar-refractivity contribution in [3.8, 4) is 0 Å². The van der Waals surface area contributed by atoms with Gasteiger partial charge in [0.1, 0.15) is 11.6 Å². The molecule has 3 fully saturated rings. The van der Waals surface area contributed by atoms with E-state index in [0.717, 1.165) is 12.8 Å². The summed E-state index contributed by atoms with van der Waals surface area (Å²) in [7, 11) is 0. The van der Waals surface area contributed by atoms with Crippen LogP contribution in [0.1, 0.15) is 46.5 Å². The predicted molar refractivity (Wildman–Crippen MR) is 136 cm³/mol. The maximum Gasteiger partial charge on any atom is 0.312 e. The second kappa shape index (κ2) is 11.6. The molecule has 1 N–H and O–H groups in total. The fraction of sp³-hybridized carbons (Fsp3) is 0.731. The molecule has 3 aliphatic heterocycles. The average Bonchev–Trinajstić information content (AvgIpc) is 3.40. The van der Waals surface area contributed by atoms with Gasteiger partial charge in [-0.05, 0) is 25.2 Å². The summed E-state index contributed by atoms with van der Waals surface area (Å²) in [5.41, 5.74) is -1.16. The molecule has 0 aromatic carbocycles. The number of rotatable bonds is 13. The Morgan fingerprint density at radius 1 is 1.37 bits per heavy atom. The molecule has 0 radical (unpaired) electrons. The molecule has 3 heterocycles. The third-order valence-corrected chi connectivity index (χ3v) is 8.40. The van der Waals surface area contributed by atoms with E-state index in [-0.39, 0.29) is 35.8 Å². The van der Waals surface area contributed by atoms with Crippen molar-refractivity contribution in [2.45, 2.75) is 75.1 Å². The Morgan fingerprint density at radius 3 is 2.66 bits per heavy atom. The van der Waals surface area contributed by atoms with E-state index >= 15 is 0 Å². The summed E-state index contributed by atoms with van der Waals surface area (Å²) < 4.78 is 12.0. The van der Waals surface area contributed by atoms with Crippen LogP contribution in [0.3, 0.4) is 0 Å². The van der Waals surface area contributed by atoms with Crippen LogP contribution in [0, 0.1) is 17.8 Å². The summed E-state index contributed by atoms with van der Waals surface area (Å²) in [6, 6.07) is -1.52. The molecule has 2 bridgehead atoms. The van der Waals surface area contributed by atoms with Gasteiger partial charge in [0.2, 0.25) is 11.8 Å². The first kappa shape index (κ1) is 27.9. The third kappa shape index (κ3) is 4.83. The Labute approximate surface area is 216 Å². The molecule has 3 rings (SSSR count). The lowest BCUT2D eigenvalue weighted by Gasteiger charge is -2.40. The first-order valence-corrected chi connectivity index (χ1v) is 13.5. The van der Waals surface area contributed by atoms with Crippen molar-refractivity contribution >= 4 is 33.7 Å². The number of alkyl halides is 1. The molecule has 0 aromatic rings. The number of carbonyl (C=O) groups excluding carboxylic acids is 3. The molecule has 9 heteroatoms. The molecule has 0 saturated carbocycles. The molecule has 3 unspecified atom stereocenters. The van der Waals surface area contributed by atoms with E-state index in [1.54, 1.807) is 17.1 Å². The number of aliphatic hydroxyl groups excluding tert-OH is 1. The zero-order valence-electron chi connectivity index (χ0n) is 21.0. The average molecular weight is 556 g/mol. The predicted octanol–water partition coefficient (Wildman–Crippen LogP) is 2.69. The van der Waals surface area contributed by atoms with Crippen molar-refractivity contribution in [3.63, 3.8) is 0 Å². The van der Waals surface area contributed by atoms with Gasteiger partial charge in [0.25, 0.3) is 0 Å². The maximum absolute atomic E-state index is 14.1. The van der Waals surface area contributed by atoms with Crippen LogP contribution in [0.5, 0.6) is 0 Å². The van der Waals surface area contributed by atoms with E-state index in [1.807, 2.05) is 13.8 Å². The maximum atomic E-state index is 14.1. The minimum Gasteiger partial charge on any atom is -0.465 e. The van der Waals surface area contributed by atoms with Gasteiger partial charge in [-0.3, -0.25) is 14.4 Å². The molecule has 3 saturated heterocycles. The smallest absolute Gasteiger partial charge is 0.312 e. The quantitative estimate of drug-likeness (QED) is 0.163. The highest BCUT2D eigenvalue weighted by Gasteiger charge is 2.77. The molecule has 1 spiro atoms. The minimum atomic E-state index is -1.16. The zero-order valence-corrected chi connectivity index (χ0v) is 22.6.